The van der Waals surface area contributed by atoms with Crippen molar-refractivity contribution in [2.45, 2.75) is 51.9 Å². The molecule has 3 nitrogen and oxygen atoms in total. The number of amides is 1. The smallest absolute Gasteiger partial charge is 0.227 e. The Morgan fingerprint density at radius 2 is 1.86 bits per heavy atom. The largest absolute Gasteiger partial charge is 0.326 e. The molecule has 21 heavy (non-hydrogen) atoms. The maximum absolute atomic E-state index is 12.3. The zero-order valence-electron chi connectivity index (χ0n) is 12.8. The first-order valence-corrected chi connectivity index (χ1v) is 8.09. The van der Waals surface area contributed by atoms with Gasteiger partial charge in [-0.3, -0.25) is 9.59 Å². The molecule has 114 valence electrons. The number of aldehydes is 1. The molecule has 1 aliphatic carbocycles. The molecule has 0 saturated heterocycles. The zero-order valence-corrected chi connectivity index (χ0v) is 12.8. The molecule has 1 aromatic rings. The van der Waals surface area contributed by atoms with Crippen LogP contribution in [0.2, 0.25) is 0 Å². The molecule has 1 amide bonds. The topological polar surface area (TPSA) is 46.2 Å². The van der Waals surface area contributed by atoms with E-state index in [1.165, 1.54) is 32.1 Å². The lowest BCUT2D eigenvalue weighted by Gasteiger charge is -2.27. The van der Waals surface area contributed by atoms with Crippen LogP contribution in [0.1, 0.15) is 62.2 Å². The number of hydrogen-bond donors (Lipinski definition) is 1. The maximum Gasteiger partial charge on any atom is 0.227 e. The summed E-state index contributed by atoms with van der Waals surface area (Å²) in [6.07, 6.45) is 9.08. The second kappa shape index (κ2) is 7.96. The number of benzene rings is 1. The van der Waals surface area contributed by atoms with Crippen LogP contribution in [0.5, 0.6) is 0 Å². The molecule has 3 heteroatoms. The SMILES string of the molecule is CCCCC1CCC(C(=O)Nc2ccc(C=O)cc2)CC1. The number of carbonyl (C=O) groups excluding carboxylic acids is 2. The van der Waals surface area contributed by atoms with Crippen molar-refractivity contribution in [2.75, 3.05) is 5.32 Å². The third kappa shape index (κ3) is 4.69. The summed E-state index contributed by atoms with van der Waals surface area (Å²) in [4.78, 5) is 22.9. The van der Waals surface area contributed by atoms with E-state index in [-0.39, 0.29) is 11.8 Å². The molecule has 0 radical (unpaired) electrons. The van der Waals surface area contributed by atoms with E-state index in [1.54, 1.807) is 24.3 Å². The van der Waals surface area contributed by atoms with Crippen molar-refractivity contribution in [1.29, 1.82) is 0 Å². The molecule has 0 aromatic heterocycles. The van der Waals surface area contributed by atoms with Crippen LogP contribution in [-0.4, -0.2) is 12.2 Å². The van der Waals surface area contributed by atoms with Crippen LogP contribution in [0.3, 0.4) is 0 Å². The summed E-state index contributed by atoms with van der Waals surface area (Å²) in [5.74, 6) is 1.09. The fraction of sp³-hybridized carbons (Fsp3) is 0.556. The Morgan fingerprint density at radius 1 is 1.19 bits per heavy atom. The van der Waals surface area contributed by atoms with Gasteiger partial charge < -0.3 is 5.32 Å². The van der Waals surface area contributed by atoms with Gasteiger partial charge in [-0.05, 0) is 55.9 Å². The minimum absolute atomic E-state index is 0.128. The molecule has 0 bridgehead atoms. The highest BCUT2D eigenvalue weighted by molar-refractivity contribution is 5.92. The number of carbonyl (C=O) groups is 2. The predicted molar refractivity (Wildman–Crippen MR) is 85.4 cm³/mol. The monoisotopic (exact) mass is 287 g/mol. The number of anilines is 1. The van der Waals surface area contributed by atoms with Crippen LogP contribution < -0.4 is 5.32 Å². The average molecular weight is 287 g/mol. The van der Waals surface area contributed by atoms with Crippen LogP contribution in [-0.2, 0) is 4.79 Å². The minimum Gasteiger partial charge on any atom is -0.326 e. The molecule has 0 unspecified atom stereocenters. The lowest BCUT2D eigenvalue weighted by molar-refractivity contribution is -0.121. The van der Waals surface area contributed by atoms with Gasteiger partial charge in [0.25, 0.3) is 0 Å². The van der Waals surface area contributed by atoms with E-state index < -0.39 is 0 Å². The highest BCUT2D eigenvalue weighted by atomic mass is 16.1. The summed E-state index contributed by atoms with van der Waals surface area (Å²) in [5.41, 5.74) is 1.41. The summed E-state index contributed by atoms with van der Waals surface area (Å²) in [7, 11) is 0. The number of hydrogen-bond acceptors (Lipinski definition) is 2. The van der Waals surface area contributed by atoms with Crippen LogP contribution in [0.15, 0.2) is 24.3 Å². The lowest BCUT2D eigenvalue weighted by atomic mass is 9.79. The van der Waals surface area contributed by atoms with Crippen molar-refractivity contribution in [1.82, 2.24) is 0 Å². The van der Waals surface area contributed by atoms with Gasteiger partial charge >= 0.3 is 0 Å². The van der Waals surface area contributed by atoms with Crippen LogP contribution >= 0.6 is 0 Å². The molecule has 1 N–H and O–H groups in total. The number of rotatable bonds is 6. The van der Waals surface area contributed by atoms with Gasteiger partial charge in [0.1, 0.15) is 6.29 Å². The van der Waals surface area contributed by atoms with Gasteiger partial charge in [0.2, 0.25) is 5.91 Å². The minimum atomic E-state index is 0.128. The number of nitrogens with one attached hydrogen (secondary N) is 1. The maximum atomic E-state index is 12.3. The van der Waals surface area contributed by atoms with E-state index in [2.05, 4.69) is 12.2 Å². The average Bonchev–Trinajstić information content (AvgIpc) is 2.54. The Hall–Kier alpha value is -1.64. The Labute approximate surface area is 127 Å². The van der Waals surface area contributed by atoms with Gasteiger partial charge in [0, 0.05) is 17.2 Å². The predicted octanol–water partition coefficient (Wildman–Crippen LogP) is 4.43. The van der Waals surface area contributed by atoms with E-state index in [9.17, 15) is 9.59 Å². The van der Waals surface area contributed by atoms with Gasteiger partial charge in [0.15, 0.2) is 0 Å². The normalized spacial score (nSPS) is 21.8. The molecule has 0 spiro atoms. The molecule has 0 aliphatic heterocycles. The summed E-state index contributed by atoms with van der Waals surface area (Å²) in [6, 6.07) is 7.03. The molecule has 2 rings (SSSR count). The van der Waals surface area contributed by atoms with E-state index in [1.807, 2.05) is 0 Å². The standard InChI is InChI=1S/C18H25NO2/c1-2-3-4-14-5-9-16(10-6-14)18(21)19-17-11-7-15(13-20)8-12-17/h7-8,11-14,16H,2-6,9-10H2,1H3,(H,19,21). The van der Waals surface area contributed by atoms with Gasteiger partial charge in [0.05, 0.1) is 0 Å². The lowest BCUT2D eigenvalue weighted by Crippen LogP contribution is -2.27. The molecule has 0 atom stereocenters. The van der Waals surface area contributed by atoms with E-state index in [4.69, 9.17) is 0 Å². The molecular formula is C18H25NO2. The van der Waals surface area contributed by atoms with Crippen molar-refractivity contribution in [2.24, 2.45) is 11.8 Å². The summed E-state index contributed by atoms with van der Waals surface area (Å²) in [6.45, 7) is 2.23. The van der Waals surface area contributed by atoms with E-state index in [0.717, 1.165) is 30.7 Å². The zero-order chi connectivity index (χ0) is 15.1. The second-order valence-corrected chi connectivity index (χ2v) is 6.09. The van der Waals surface area contributed by atoms with Crippen molar-refractivity contribution < 1.29 is 9.59 Å². The van der Waals surface area contributed by atoms with Crippen molar-refractivity contribution in [3.63, 3.8) is 0 Å². The van der Waals surface area contributed by atoms with Crippen LogP contribution in [0.4, 0.5) is 5.69 Å². The number of unbranched alkanes of at least 4 members (excludes halogenated alkanes) is 1. The summed E-state index contributed by atoms with van der Waals surface area (Å²) < 4.78 is 0. The third-order valence-electron chi connectivity index (χ3n) is 4.50. The van der Waals surface area contributed by atoms with Gasteiger partial charge in [-0.1, -0.05) is 26.2 Å². The third-order valence-corrected chi connectivity index (χ3v) is 4.50. The fourth-order valence-corrected chi connectivity index (χ4v) is 3.10. The molecule has 1 aliphatic rings. The highest BCUT2D eigenvalue weighted by Crippen LogP contribution is 2.32. The Morgan fingerprint density at radius 3 is 2.43 bits per heavy atom. The Bertz CT molecular complexity index is 459. The summed E-state index contributed by atoms with van der Waals surface area (Å²) in [5, 5.41) is 2.97. The highest BCUT2D eigenvalue weighted by Gasteiger charge is 2.25. The first kappa shape index (κ1) is 15.7. The van der Waals surface area contributed by atoms with Crippen molar-refractivity contribution in [3.8, 4) is 0 Å². The van der Waals surface area contributed by atoms with Gasteiger partial charge in [-0.2, -0.15) is 0 Å². The van der Waals surface area contributed by atoms with Gasteiger partial charge in [-0.25, -0.2) is 0 Å². The molecule has 1 saturated carbocycles. The first-order valence-electron chi connectivity index (χ1n) is 8.09. The van der Waals surface area contributed by atoms with Crippen LogP contribution in [0, 0.1) is 11.8 Å². The van der Waals surface area contributed by atoms with Gasteiger partial charge in [-0.15, -0.1) is 0 Å². The molecular weight excluding hydrogens is 262 g/mol. The van der Waals surface area contributed by atoms with Crippen LogP contribution in [0.25, 0.3) is 0 Å². The second-order valence-electron chi connectivity index (χ2n) is 6.09. The molecule has 0 heterocycles. The molecule has 1 aromatic carbocycles. The summed E-state index contributed by atoms with van der Waals surface area (Å²) >= 11 is 0. The Kier molecular flexibility index (Phi) is 5.97. The van der Waals surface area contributed by atoms with Crippen molar-refractivity contribution in [3.05, 3.63) is 29.8 Å². The van der Waals surface area contributed by atoms with E-state index >= 15 is 0 Å². The molecule has 1 fully saturated rings. The fourth-order valence-electron chi connectivity index (χ4n) is 3.10. The Balaban J connectivity index is 1.80. The van der Waals surface area contributed by atoms with E-state index in [0.29, 0.717) is 5.56 Å². The van der Waals surface area contributed by atoms with Crippen molar-refractivity contribution >= 4 is 17.9 Å². The first-order chi connectivity index (χ1) is 10.2. The quantitative estimate of drug-likeness (QED) is 0.786.